The molecule has 0 saturated heterocycles. The van der Waals surface area contributed by atoms with Gasteiger partial charge in [0, 0.05) is 12.0 Å². The van der Waals surface area contributed by atoms with E-state index in [-0.39, 0.29) is 23.3 Å². The SMILES string of the molecule is CC1(NC(=O)CC2(CC(=O)O)CCCC2)CCCC1. The lowest BCUT2D eigenvalue weighted by Crippen LogP contribution is -2.45. The van der Waals surface area contributed by atoms with Crippen molar-refractivity contribution in [1.29, 1.82) is 0 Å². The highest BCUT2D eigenvalue weighted by atomic mass is 16.4. The summed E-state index contributed by atoms with van der Waals surface area (Å²) in [6, 6.07) is 0. The first-order valence-electron chi connectivity index (χ1n) is 7.46. The first kappa shape index (κ1) is 14.4. The van der Waals surface area contributed by atoms with Crippen LogP contribution in [0.25, 0.3) is 0 Å². The molecule has 2 N–H and O–H groups in total. The number of amides is 1. The molecule has 2 fully saturated rings. The average molecular weight is 267 g/mol. The third kappa shape index (κ3) is 3.71. The summed E-state index contributed by atoms with van der Waals surface area (Å²) in [6.07, 6.45) is 8.83. The van der Waals surface area contributed by atoms with Gasteiger partial charge >= 0.3 is 5.97 Å². The summed E-state index contributed by atoms with van der Waals surface area (Å²) in [5.41, 5.74) is -0.342. The Morgan fingerprint density at radius 2 is 1.53 bits per heavy atom. The van der Waals surface area contributed by atoms with Crippen molar-refractivity contribution in [3.63, 3.8) is 0 Å². The Kier molecular flexibility index (Phi) is 4.16. The minimum Gasteiger partial charge on any atom is -0.481 e. The minimum absolute atomic E-state index is 0.0487. The van der Waals surface area contributed by atoms with E-state index in [4.69, 9.17) is 5.11 Å². The van der Waals surface area contributed by atoms with Crippen molar-refractivity contribution in [1.82, 2.24) is 5.32 Å². The number of hydrogen-bond acceptors (Lipinski definition) is 2. The molecular formula is C15H25NO3. The lowest BCUT2D eigenvalue weighted by Gasteiger charge is -2.30. The van der Waals surface area contributed by atoms with Gasteiger partial charge in [0.15, 0.2) is 0 Å². The van der Waals surface area contributed by atoms with E-state index in [1.165, 1.54) is 12.8 Å². The fourth-order valence-corrected chi connectivity index (χ4v) is 3.86. The van der Waals surface area contributed by atoms with Crippen LogP contribution in [0.2, 0.25) is 0 Å². The number of hydrogen-bond donors (Lipinski definition) is 2. The van der Waals surface area contributed by atoms with Crippen LogP contribution in [0.1, 0.15) is 71.1 Å². The molecule has 2 rings (SSSR count). The third-order valence-electron chi connectivity index (χ3n) is 4.87. The van der Waals surface area contributed by atoms with Crippen LogP contribution in [0.15, 0.2) is 0 Å². The van der Waals surface area contributed by atoms with E-state index in [0.29, 0.717) is 6.42 Å². The van der Waals surface area contributed by atoms with Crippen LogP contribution >= 0.6 is 0 Å². The molecule has 19 heavy (non-hydrogen) atoms. The normalized spacial score (nSPS) is 24.3. The Morgan fingerprint density at radius 1 is 1.00 bits per heavy atom. The Bertz CT molecular complexity index is 352. The van der Waals surface area contributed by atoms with E-state index < -0.39 is 5.97 Å². The lowest BCUT2D eigenvalue weighted by molar-refractivity contribution is -0.140. The van der Waals surface area contributed by atoms with Gasteiger partial charge in [-0.15, -0.1) is 0 Å². The van der Waals surface area contributed by atoms with E-state index in [0.717, 1.165) is 38.5 Å². The van der Waals surface area contributed by atoms with Crippen molar-refractivity contribution in [2.45, 2.75) is 76.7 Å². The van der Waals surface area contributed by atoms with E-state index in [9.17, 15) is 9.59 Å². The summed E-state index contributed by atoms with van der Waals surface area (Å²) in [4.78, 5) is 23.3. The van der Waals surface area contributed by atoms with Gasteiger partial charge in [-0.2, -0.15) is 0 Å². The zero-order valence-corrected chi connectivity index (χ0v) is 11.8. The molecule has 4 nitrogen and oxygen atoms in total. The van der Waals surface area contributed by atoms with Gasteiger partial charge in [0.1, 0.15) is 0 Å². The maximum absolute atomic E-state index is 12.2. The molecule has 0 aromatic carbocycles. The minimum atomic E-state index is -0.776. The number of rotatable bonds is 5. The second kappa shape index (κ2) is 5.51. The molecule has 0 bridgehead atoms. The van der Waals surface area contributed by atoms with Crippen molar-refractivity contribution in [2.75, 3.05) is 0 Å². The maximum atomic E-state index is 12.2. The Hall–Kier alpha value is -1.06. The van der Waals surface area contributed by atoms with Crippen LogP contribution in [-0.2, 0) is 9.59 Å². The molecule has 108 valence electrons. The molecule has 2 saturated carbocycles. The number of aliphatic carboxylic acids is 1. The number of carboxylic acid groups (broad SMARTS) is 1. The van der Waals surface area contributed by atoms with Crippen molar-refractivity contribution in [3.8, 4) is 0 Å². The van der Waals surface area contributed by atoms with Gasteiger partial charge in [0.05, 0.1) is 6.42 Å². The van der Waals surface area contributed by atoms with Crippen LogP contribution in [0.3, 0.4) is 0 Å². The van der Waals surface area contributed by atoms with Gasteiger partial charge in [-0.05, 0) is 38.0 Å². The fourth-order valence-electron chi connectivity index (χ4n) is 3.86. The number of carbonyl (C=O) groups is 2. The zero-order valence-electron chi connectivity index (χ0n) is 11.8. The van der Waals surface area contributed by atoms with Gasteiger partial charge in [0.2, 0.25) is 5.91 Å². The molecule has 1 amide bonds. The topological polar surface area (TPSA) is 66.4 Å². The predicted molar refractivity (Wildman–Crippen MR) is 72.8 cm³/mol. The van der Waals surface area contributed by atoms with Gasteiger partial charge in [-0.1, -0.05) is 25.7 Å². The maximum Gasteiger partial charge on any atom is 0.303 e. The van der Waals surface area contributed by atoms with Gasteiger partial charge < -0.3 is 10.4 Å². The van der Waals surface area contributed by atoms with Crippen molar-refractivity contribution in [3.05, 3.63) is 0 Å². The molecule has 0 spiro atoms. The molecule has 0 unspecified atom stereocenters. The standard InChI is InChI=1S/C15H25NO3/c1-14(6-2-3-7-14)16-12(17)10-15(11-13(18)19)8-4-5-9-15/h2-11H2,1H3,(H,16,17)(H,18,19). The van der Waals surface area contributed by atoms with Crippen molar-refractivity contribution >= 4 is 11.9 Å². The highest BCUT2D eigenvalue weighted by molar-refractivity contribution is 5.79. The average Bonchev–Trinajstić information content (AvgIpc) is 2.87. The molecule has 2 aliphatic carbocycles. The fraction of sp³-hybridized carbons (Fsp3) is 0.867. The first-order chi connectivity index (χ1) is 8.93. The van der Waals surface area contributed by atoms with Crippen LogP contribution in [0, 0.1) is 5.41 Å². The summed E-state index contributed by atoms with van der Waals surface area (Å²) >= 11 is 0. The summed E-state index contributed by atoms with van der Waals surface area (Å²) in [7, 11) is 0. The predicted octanol–water partition coefficient (Wildman–Crippen LogP) is 2.86. The van der Waals surface area contributed by atoms with Crippen LogP contribution in [0.5, 0.6) is 0 Å². The number of carboxylic acids is 1. The molecule has 0 atom stereocenters. The monoisotopic (exact) mass is 267 g/mol. The van der Waals surface area contributed by atoms with Gasteiger partial charge in [-0.25, -0.2) is 0 Å². The summed E-state index contributed by atoms with van der Waals surface area (Å²) in [5, 5.41) is 12.2. The van der Waals surface area contributed by atoms with E-state index in [1.807, 2.05) is 0 Å². The molecule has 0 aromatic rings. The van der Waals surface area contributed by atoms with E-state index in [2.05, 4.69) is 12.2 Å². The van der Waals surface area contributed by atoms with E-state index in [1.54, 1.807) is 0 Å². The molecule has 0 heterocycles. The number of carbonyl (C=O) groups excluding carboxylic acids is 1. The van der Waals surface area contributed by atoms with Crippen LogP contribution < -0.4 is 5.32 Å². The molecule has 0 aromatic heterocycles. The number of nitrogens with one attached hydrogen (secondary N) is 1. The van der Waals surface area contributed by atoms with Gasteiger partial charge in [0.25, 0.3) is 0 Å². The van der Waals surface area contributed by atoms with E-state index >= 15 is 0 Å². The van der Waals surface area contributed by atoms with Crippen molar-refractivity contribution < 1.29 is 14.7 Å². The molecule has 0 radical (unpaired) electrons. The third-order valence-corrected chi connectivity index (χ3v) is 4.87. The quantitative estimate of drug-likeness (QED) is 0.805. The second-order valence-corrected chi connectivity index (χ2v) is 6.77. The Balaban J connectivity index is 1.93. The smallest absolute Gasteiger partial charge is 0.303 e. The van der Waals surface area contributed by atoms with Gasteiger partial charge in [-0.3, -0.25) is 9.59 Å². The molecule has 4 heteroatoms. The first-order valence-corrected chi connectivity index (χ1v) is 7.46. The Labute approximate surface area is 115 Å². The van der Waals surface area contributed by atoms with Crippen molar-refractivity contribution in [2.24, 2.45) is 5.41 Å². The molecular weight excluding hydrogens is 242 g/mol. The summed E-state index contributed by atoms with van der Waals surface area (Å²) in [6.45, 7) is 2.11. The summed E-state index contributed by atoms with van der Waals surface area (Å²) < 4.78 is 0. The van der Waals surface area contributed by atoms with Crippen LogP contribution in [-0.4, -0.2) is 22.5 Å². The lowest BCUT2D eigenvalue weighted by atomic mass is 9.79. The summed E-state index contributed by atoms with van der Waals surface area (Å²) in [5.74, 6) is -0.727. The van der Waals surface area contributed by atoms with Crippen LogP contribution in [0.4, 0.5) is 0 Å². The zero-order chi connectivity index (χ0) is 13.9. The highest BCUT2D eigenvalue weighted by Gasteiger charge is 2.39. The second-order valence-electron chi connectivity index (χ2n) is 6.77. The largest absolute Gasteiger partial charge is 0.481 e. The Morgan fingerprint density at radius 3 is 2.05 bits per heavy atom. The molecule has 0 aliphatic heterocycles. The highest BCUT2D eigenvalue weighted by Crippen LogP contribution is 2.44. The molecule has 2 aliphatic rings.